The molecule has 0 radical (unpaired) electrons. The first-order valence-corrected chi connectivity index (χ1v) is 11.5. The van der Waals surface area contributed by atoms with Crippen LogP contribution in [-0.4, -0.2) is 60.2 Å². The number of ether oxygens (including phenoxy) is 1. The molecule has 3 rings (SSSR count). The number of rotatable bonds is 9. The summed E-state index contributed by atoms with van der Waals surface area (Å²) in [7, 11) is -1.74. The highest BCUT2D eigenvalue weighted by Crippen LogP contribution is 2.23. The van der Waals surface area contributed by atoms with Crippen molar-refractivity contribution in [1.82, 2.24) is 25.5 Å². The van der Waals surface area contributed by atoms with Gasteiger partial charge in [-0.15, -0.1) is 5.10 Å². The van der Waals surface area contributed by atoms with E-state index in [4.69, 9.17) is 4.74 Å². The van der Waals surface area contributed by atoms with Crippen molar-refractivity contribution in [3.8, 4) is 11.4 Å². The van der Waals surface area contributed by atoms with Crippen LogP contribution < -0.4 is 10.1 Å². The van der Waals surface area contributed by atoms with Crippen LogP contribution in [0.1, 0.15) is 28.3 Å². The number of carbonyl (C=O) groups is 1. The molecule has 164 valence electrons. The van der Waals surface area contributed by atoms with Gasteiger partial charge in [-0.3, -0.25) is 4.79 Å². The molecule has 0 saturated heterocycles. The Kier molecular flexibility index (Phi) is 6.95. The summed E-state index contributed by atoms with van der Waals surface area (Å²) < 4.78 is 43.3. The lowest BCUT2D eigenvalue weighted by Crippen LogP contribution is -2.29. The van der Waals surface area contributed by atoms with Crippen molar-refractivity contribution < 1.29 is 22.3 Å². The van der Waals surface area contributed by atoms with Gasteiger partial charge in [-0.25, -0.2) is 17.5 Å². The third-order valence-corrected chi connectivity index (χ3v) is 5.71. The fraction of sp³-hybridized carbons (Fsp3) is 0.300. The van der Waals surface area contributed by atoms with Crippen LogP contribution >= 0.6 is 0 Å². The summed E-state index contributed by atoms with van der Waals surface area (Å²) >= 11 is 0. The quantitative estimate of drug-likeness (QED) is 0.531. The maximum Gasteiger partial charge on any atom is 0.255 e. The van der Waals surface area contributed by atoms with Gasteiger partial charge in [0, 0.05) is 18.7 Å². The lowest BCUT2D eigenvalue weighted by molar-refractivity contribution is 0.0948. The van der Waals surface area contributed by atoms with Crippen molar-refractivity contribution >= 4 is 15.7 Å². The molecule has 1 N–H and O–H groups in total. The summed E-state index contributed by atoms with van der Waals surface area (Å²) in [5.41, 5.74) is 1.58. The van der Waals surface area contributed by atoms with Crippen molar-refractivity contribution in [2.24, 2.45) is 0 Å². The van der Waals surface area contributed by atoms with Crippen LogP contribution in [0.2, 0.25) is 0 Å². The number of nitrogens with one attached hydrogen (secondary N) is 1. The van der Waals surface area contributed by atoms with Crippen LogP contribution in [0.4, 0.5) is 4.39 Å². The molecule has 3 aromatic rings. The molecule has 2 aromatic carbocycles. The molecular weight excluding hydrogens is 425 g/mol. The zero-order chi connectivity index (χ0) is 22.4. The average molecular weight is 447 g/mol. The maximum atomic E-state index is 13.3. The number of methoxy groups -OCH3 is 1. The first kappa shape index (κ1) is 22.3. The van der Waals surface area contributed by atoms with Gasteiger partial charge in [-0.1, -0.05) is 12.1 Å². The van der Waals surface area contributed by atoms with E-state index in [9.17, 15) is 17.6 Å². The van der Waals surface area contributed by atoms with E-state index in [-0.39, 0.29) is 36.0 Å². The lowest BCUT2D eigenvalue weighted by Gasteiger charge is -2.19. The van der Waals surface area contributed by atoms with Gasteiger partial charge in [0.15, 0.2) is 0 Å². The first-order valence-electron chi connectivity index (χ1n) is 9.39. The van der Waals surface area contributed by atoms with Crippen molar-refractivity contribution in [3.63, 3.8) is 0 Å². The highest BCUT2D eigenvalue weighted by Gasteiger charge is 2.19. The summed E-state index contributed by atoms with van der Waals surface area (Å²) in [6.45, 7) is 0.165. The highest BCUT2D eigenvalue weighted by molar-refractivity contribution is 7.90. The van der Waals surface area contributed by atoms with Gasteiger partial charge in [0.25, 0.3) is 5.91 Å². The highest BCUT2D eigenvalue weighted by atomic mass is 32.2. The minimum absolute atomic E-state index is 0.0526. The number of tetrazole rings is 1. The van der Waals surface area contributed by atoms with Gasteiger partial charge >= 0.3 is 0 Å². The van der Waals surface area contributed by atoms with Crippen molar-refractivity contribution in [2.45, 2.75) is 12.3 Å². The number of carbonyl (C=O) groups excluding carboxylic acids is 1. The van der Waals surface area contributed by atoms with Crippen LogP contribution in [-0.2, 0) is 9.84 Å². The molecule has 0 aliphatic heterocycles. The van der Waals surface area contributed by atoms with E-state index in [1.54, 1.807) is 30.3 Å². The topological polar surface area (TPSA) is 116 Å². The molecular formula is C20H22FN5O4S. The first-order chi connectivity index (χ1) is 14.8. The summed E-state index contributed by atoms with van der Waals surface area (Å²) in [4.78, 5) is 12.9. The molecule has 0 aliphatic rings. The Labute approximate surface area is 179 Å². The van der Waals surface area contributed by atoms with E-state index in [1.807, 2.05) is 0 Å². The molecule has 1 atom stereocenters. The molecule has 1 aromatic heterocycles. The minimum Gasteiger partial charge on any atom is -0.496 e. The standard InChI is InChI=1S/C20H22FN5O4S/c1-30-19-8-7-17(26-13-23-24-25-26)11-18(19)20(27)22-12-15(9-10-31(2,28)29)14-3-5-16(21)6-4-14/h3-8,11,13,15H,9-10,12H2,1-2H3,(H,22,27). The molecule has 0 bridgehead atoms. The Bertz CT molecular complexity index is 1130. The Morgan fingerprint density at radius 1 is 1.23 bits per heavy atom. The number of hydrogen-bond donors (Lipinski definition) is 1. The molecule has 1 heterocycles. The number of halogens is 1. The van der Waals surface area contributed by atoms with Gasteiger partial charge in [0.05, 0.1) is 24.1 Å². The lowest BCUT2D eigenvalue weighted by atomic mass is 9.96. The number of benzene rings is 2. The Hall–Kier alpha value is -3.34. The summed E-state index contributed by atoms with van der Waals surface area (Å²) in [6.07, 6.45) is 2.84. The monoisotopic (exact) mass is 447 g/mol. The molecule has 1 unspecified atom stereocenters. The van der Waals surface area contributed by atoms with Crippen LogP contribution in [0.5, 0.6) is 5.75 Å². The van der Waals surface area contributed by atoms with Gasteiger partial charge in [0.1, 0.15) is 27.7 Å². The van der Waals surface area contributed by atoms with E-state index >= 15 is 0 Å². The zero-order valence-corrected chi connectivity index (χ0v) is 17.8. The number of nitrogens with zero attached hydrogens (tertiary/aromatic N) is 4. The molecule has 31 heavy (non-hydrogen) atoms. The van der Waals surface area contributed by atoms with E-state index in [1.165, 1.54) is 30.3 Å². The van der Waals surface area contributed by atoms with Gasteiger partial charge in [-0.2, -0.15) is 0 Å². The molecule has 0 aliphatic carbocycles. The summed E-state index contributed by atoms with van der Waals surface area (Å²) in [5.74, 6) is -0.794. The molecule has 9 nitrogen and oxygen atoms in total. The van der Waals surface area contributed by atoms with Gasteiger partial charge < -0.3 is 10.1 Å². The number of aromatic nitrogens is 4. The summed E-state index contributed by atoms with van der Waals surface area (Å²) in [5, 5.41) is 13.8. The second-order valence-electron chi connectivity index (χ2n) is 7.02. The van der Waals surface area contributed by atoms with E-state index in [2.05, 4.69) is 20.8 Å². The number of amides is 1. The third-order valence-electron chi connectivity index (χ3n) is 4.73. The van der Waals surface area contributed by atoms with Crippen molar-refractivity contribution in [3.05, 3.63) is 65.7 Å². The fourth-order valence-electron chi connectivity index (χ4n) is 3.08. The molecule has 1 amide bonds. The summed E-state index contributed by atoms with van der Waals surface area (Å²) in [6, 6.07) is 10.7. The number of sulfone groups is 1. The van der Waals surface area contributed by atoms with Crippen molar-refractivity contribution in [2.75, 3.05) is 25.7 Å². The maximum absolute atomic E-state index is 13.3. The van der Waals surface area contributed by atoms with Gasteiger partial charge in [0.2, 0.25) is 0 Å². The smallest absolute Gasteiger partial charge is 0.255 e. The van der Waals surface area contributed by atoms with E-state index in [0.717, 1.165) is 11.8 Å². The molecule has 0 spiro atoms. The third kappa shape index (κ3) is 6.07. The number of hydrogen-bond acceptors (Lipinski definition) is 7. The minimum atomic E-state index is -3.20. The Morgan fingerprint density at radius 3 is 2.58 bits per heavy atom. The van der Waals surface area contributed by atoms with E-state index in [0.29, 0.717) is 11.4 Å². The van der Waals surface area contributed by atoms with Gasteiger partial charge in [-0.05, 0) is 52.7 Å². The second kappa shape index (κ2) is 9.65. The Balaban J connectivity index is 1.79. The molecule has 0 saturated carbocycles. The molecule has 0 fully saturated rings. The largest absolute Gasteiger partial charge is 0.496 e. The van der Waals surface area contributed by atoms with Crippen molar-refractivity contribution in [1.29, 1.82) is 0 Å². The SMILES string of the molecule is COc1ccc(-n2cnnn2)cc1C(=O)NCC(CCS(C)(=O)=O)c1ccc(F)cc1. The normalized spacial score (nSPS) is 12.4. The van der Waals surface area contributed by atoms with Crippen LogP contribution in [0.3, 0.4) is 0 Å². The Morgan fingerprint density at radius 2 is 1.97 bits per heavy atom. The van der Waals surface area contributed by atoms with Crippen LogP contribution in [0, 0.1) is 5.82 Å². The fourth-order valence-corrected chi connectivity index (χ4v) is 3.80. The predicted octanol–water partition coefficient (Wildman–Crippen LogP) is 1.76. The average Bonchev–Trinajstić information content (AvgIpc) is 3.28. The van der Waals surface area contributed by atoms with E-state index < -0.39 is 15.7 Å². The second-order valence-corrected chi connectivity index (χ2v) is 9.28. The van der Waals surface area contributed by atoms with Crippen LogP contribution in [0.15, 0.2) is 48.8 Å². The van der Waals surface area contributed by atoms with Crippen LogP contribution in [0.25, 0.3) is 5.69 Å². The molecule has 11 heteroatoms. The zero-order valence-electron chi connectivity index (χ0n) is 17.0. The predicted molar refractivity (Wildman–Crippen MR) is 112 cm³/mol.